The highest BCUT2D eigenvalue weighted by Crippen LogP contribution is 2.20. The Morgan fingerprint density at radius 3 is 2.75 bits per heavy atom. The fourth-order valence-electron chi connectivity index (χ4n) is 1.95. The first-order valence-corrected chi connectivity index (χ1v) is 8.17. The van der Waals surface area contributed by atoms with E-state index in [9.17, 15) is 18.0 Å². The lowest BCUT2D eigenvalue weighted by atomic mass is 10.2. The molecule has 1 saturated heterocycles. The molecule has 2 rings (SSSR count). The smallest absolute Gasteiger partial charge is 0.332 e. The first-order chi connectivity index (χ1) is 9.29. The summed E-state index contributed by atoms with van der Waals surface area (Å²) in [7, 11) is -3.79. The molecule has 3 N–H and O–H groups in total. The van der Waals surface area contributed by atoms with Crippen LogP contribution in [0.25, 0.3) is 0 Å². The van der Waals surface area contributed by atoms with E-state index < -0.39 is 33.1 Å². The van der Waals surface area contributed by atoms with Crippen LogP contribution in [0.3, 0.4) is 0 Å². The SMILES string of the molecule is Cc1[nH]c(=O)sc1S(=O)(=O)NCC1CCC(C(=O)O)O1. The van der Waals surface area contributed by atoms with Crippen molar-refractivity contribution in [3.63, 3.8) is 0 Å². The van der Waals surface area contributed by atoms with Crippen LogP contribution in [0, 0.1) is 6.92 Å². The molecule has 0 bridgehead atoms. The van der Waals surface area contributed by atoms with Crippen LogP contribution in [0.4, 0.5) is 0 Å². The molecule has 0 amide bonds. The monoisotopic (exact) mass is 322 g/mol. The van der Waals surface area contributed by atoms with Crippen molar-refractivity contribution in [2.45, 2.75) is 36.2 Å². The van der Waals surface area contributed by atoms with Gasteiger partial charge >= 0.3 is 10.8 Å². The summed E-state index contributed by atoms with van der Waals surface area (Å²) in [6, 6.07) is 0. The number of aliphatic carboxylic acids is 1. The number of H-pyrrole nitrogens is 1. The number of carbonyl (C=O) groups is 1. The lowest BCUT2D eigenvalue weighted by Crippen LogP contribution is -2.33. The number of hydrogen-bond donors (Lipinski definition) is 3. The number of carboxylic acid groups (broad SMARTS) is 1. The minimum atomic E-state index is -3.79. The van der Waals surface area contributed by atoms with Gasteiger partial charge in [0, 0.05) is 12.2 Å². The van der Waals surface area contributed by atoms with E-state index in [1.54, 1.807) is 0 Å². The second kappa shape index (κ2) is 5.64. The lowest BCUT2D eigenvalue weighted by molar-refractivity contribution is -0.149. The van der Waals surface area contributed by atoms with Gasteiger partial charge < -0.3 is 14.8 Å². The highest BCUT2D eigenvalue weighted by Gasteiger charge is 2.31. The second-order valence-electron chi connectivity index (χ2n) is 4.44. The molecule has 2 unspecified atom stereocenters. The van der Waals surface area contributed by atoms with E-state index in [0.717, 1.165) is 0 Å². The van der Waals surface area contributed by atoms with E-state index in [1.807, 2.05) is 0 Å². The van der Waals surface area contributed by atoms with E-state index >= 15 is 0 Å². The first-order valence-electron chi connectivity index (χ1n) is 5.87. The van der Waals surface area contributed by atoms with Crippen LogP contribution in [-0.2, 0) is 19.6 Å². The molecular weight excluding hydrogens is 308 g/mol. The Labute approximate surface area is 118 Å². The van der Waals surface area contributed by atoms with Crippen molar-refractivity contribution in [3.05, 3.63) is 15.4 Å². The Hall–Kier alpha value is -1.23. The van der Waals surface area contributed by atoms with Gasteiger partial charge in [-0.1, -0.05) is 11.3 Å². The molecule has 1 fully saturated rings. The quantitative estimate of drug-likeness (QED) is 0.680. The Bertz CT molecular complexity index is 662. The number of carboxylic acids is 1. The van der Waals surface area contributed by atoms with Crippen molar-refractivity contribution < 1.29 is 23.1 Å². The molecule has 1 aromatic rings. The minimum absolute atomic E-state index is 0.0162. The normalized spacial score (nSPS) is 23.1. The first kappa shape index (κ1) is 15.2. The number of ether oxygens (including phenoxy) is 1. The predicted molar refractivity (Wildman–Crippen MR) is 70.4 cm³/mol. The molecule has 20 heavy (non-hydrogen) atoms. The molecule has 0 aliphatic carbocycles. The van der Waals surface area contributed by atoms with Crippen molar-refractivity contribution >= 4 is 27.3 Å². The summed E-state index contributed by atoms with van der Waals surface area (Å²) >= 11 is 0.613. The van der Waals surface area contributed by atoms with Gasteiger partial charge in [-0.2, -0.15) is 0 Å². The summed E-state index contributed by atoms with van der Waals surface area (Å²) in [5.41, 5.74) is 0.281. The maximum absolute atomic E-state index is 12.0. The fraction of sp³-hybridized carbons (Fsp3) is 0.600. The molecule has 1 aromatic heterocycles. The number of aromatic nitrogens is 1. The van der Waals surface area contributed by atoms with Gasteiger partial charge in [-0.25, -0.2) is 17.9 Å². The molecule has 0 radical (unpaired) electrons. The van der Waals surface area contributed by atoms with Crippen LogP contribution in [-0.4, -0.2) is 43.2 Å². The molecular formula is C10H14N2O6S2. The number of aryl methyl sites for hydroxylation is 1. The zero-order valence-corrected chi connectivity index (χ0v) is 12.2. The van der Waals surface area contributed by atoms with E-state index in [4.69, 9.17) is 9.84 Å². The van der Waals surface area contributed by atoms with Crippen molar-refractivity contribution in [1.29, 1.82) is 0 Å². The summed E-state index contributed by atoms with van der Waals surface area (Å²) in [5.74, 6) is -1.05. The molecule has 1 aliphatic heterocycles. The fourth-order valence-corrected chi connectivity index (χ4v) is 4.36. The van der Waals surface area contributed by atoms with Crippen LogP contribution >= 0.6 is 11.3 Å². The number of rotatable bonds is 5. The number of aromatic amines is 1. The van der Waals surface area contributed by atoms with Crippen molar-refractivity contribution in [1.82, 2.24) is 9.71 Å². The van der Waals surface area contributed by atoms with E-state index in [2.05, 4.69) is 9.71 Å². The molecule has 2 heterocycles. The molecule has 0 spiro atoms. The van der Waals surface area contributed by atoms with Crippen LogP contribution in [0.15, 0.2) is 9.00 Å². The Kier molecular flexibility index (Phi) is 4.28. The van der Waals surface area contributed by atoms with E-state index in [1.165, 1.54) is 6.92 Å². The van der Waals surface area contributed by atoms with Gasteiger partial charge in [0.2, 0.25) is 0 Å². The highest BCUT2D eigenvalue weighted by molar-refractivity contribution is 7.91. The third-order valence-corrected chi connectivity index (χ3v) is 5.94. The third-order valence-electron chi connectivity index (χ3n) is 2.91. The standard InChI is InChI=1S/C10H14N2O6S2/c1-5-9(19-10(15)12-5)20(16,17)11-4-6-2-3-7(18-6)8(13)14/h6-7,11H,2-4H2,1H3,(H,12,15)(H,13,14). The van der Waals surface area contributed by atoms with Crippen LogP contribution in [0.1, 0.15) is 18.5 Å². The zero-order chi connectivity index (χ0) is 14.9. The van der Waals surface area contributed by atoms with Gasteiger partial charge in [0.15, 0.2) is 10.3 Å². The molecule has 0 aromatic carbocycles. The molecule has 1 aliphatic rings. The maximum Gasteiger partial charge on any atom is 0.332 e. The minimum Gasteiger partial charge on any atom is -0.479 e. The highest BCUT2D eigenvalue weighted by atomic mass is 32.2. The summed E-state index contributed by atoms with van der Waals surface area (Å²) in [6.45, 7) is 1.48. The van der Waals surface area contributed by atoms with Gasteiger partial charge in [0.05, 0.1) is 6.10 Å². The largest absolute Gasteiger partial charge is 0.479 e. The molecule has 8 nitrogen and oxygen atoms in total. The Morgan fingerprint density at radius 2 is 2.25 bits per heavy atom. The van der Waals surface area contributed by atoms with Gasteiger partial charge in [0.1, 0.15) is 0 Å². The number of thiazole rings is 1. The van der Waals surface area contributed by atoms with Crippen molar-refractivity contribution in [2.24, 2.45) is 0 Å². The van der Waals surface area contributed by atoms with Crippen LogP contribution in [0.2, 0.25) is 0 Å². The summed E-state index contributed by atoms with van der Waals surface area (Å²) in [5, 5.41) is 8.78. The number of hydrogen-bond acceptors (Lipinski definition) is 6. The molecule has 112 valence electrons. The lowest BCUT2D eigenvalue weighted by Gasteiger charge is -2.12. The molecule has 0 saturated carbocycles. The average molecular weight is 322 g/mol. The topological polar surface area (TPSA) is 126 Å². The number of nitrogens with one attached hydrogen (secondary N) is 2. The average Bonchev–Trinajstić information content (AvgIpc) is 2.93. The Balaban J connectivity index is 1.99. The summed E-state index contributed by atoms with van der Waals surface area (Å²) < 4.78 is 31.5. The van der Waals surface area contributed by atoms with Gasteiger partial charge in [-0.05, 0) is 19.8 Å². The van der Waals surface area contributed by atoms with E-state index in [0.29, 0.717) is 24.2 Å². The summed E-state index contributed by atoms with van der Waals surface area (Å²) in [6.07, 6.45) is -0.517. The molecule has 2 atom stereocenters. The van der Waals surface area contributed by atoms with E-state index in [-0.39, 0.29) is 16.4 Å². The molecule has 10 heteroatoms. The van der Waals surface area contributed by atoms with Gasteiger partial charge in [-0.15, -0.1) is 0 Å². The summed E-state index contributed by atoms with van der Waals surface area (Å²) in [4.78, 5) is 23.8. The Morgan fingerprint density at radius 1 is 1.55 bits per heavy atom. The van der Waals surface area contributed by atoms with Gasteiger partial charge in [-0.3, -0.25) is 4.79 Å². The van der Waals surface area contributed by atoms with Crippen molar-refractivity contribution in [3.8, 4) is 0 Å². The maximum atomic E-state index is 12.0. The predicted octanol–water partition coefficient (Wildman–Crippen LogP) is -0.345. The van der Waals surface area contributed by atoms with Crippen LogP contribution < -0.4 is 9.60 Å². The number of sulfonamides is 1. The van der Waals surface area contributed by atoms with Crippen LogP contribution in [0.5, 0.6) is 0 Å². The zero-order valence-electron chi connectivity index (χ0n) is 10.6. The second-order valence-corrected chi connectivity index (χ2v) is 7.39. The third kappa shape index (κ3) is 3.26. The van der Waals surface area contributed by atoms with Gasteiger partial charge in [0.25, 0.3) is 10.0 Å². The van der Waals surface area contributed by atoms with Crippen molar-refractivity contribution in [2.75, 3.05) is 6.54 Å².